The highest BCUT2D eigenvalue weighted by Crippen LogP contribution is 2.25. The minimum Gasteiger partial charge on any atom is -0.374 e. The molecule has 1 saturated heterocycles. The molecule has 1 heterocycles. The van der Waals surface area contributed by atoms with Crippen molar-refractivity contribution in [2.24, 2.45) is 4.99 Å². The van der Waals surface area contributed by atoms with Crippen molar-refractivity contribution < 1.29 is 4.74 Å². The molecule has 1 aromatic carbocycles. The van der Waals surface area contributed by atoms with Crippen molar-refractivity contribution in [3.63, 3.8) is 0 Å². The van der Waals surface area contributed by atoms with E-state index in [0.717, 1.165) is 37.3 Å². The molecule has 0 radical (unpaired) electrons. The van der Waals surface area contributed by atoms with E-state index in [1.807, 2.05) is 13.1 Å². The number of hydrogen-bond acceptors (Lipinski definition) is 3. The van der Waals surface area contributed by atoms with Crippen LogP contribution in [0, 0.1) is 0 Å². The topological polar surface area (TPSA) is 45.7 Å². The first kappa shape index (κ1) is 21.6. The first-order valence-corrected chi connectivity index (χ1v) is 9.57. The molecule has 136 valence electrons. The van der Waals surface area contributed by atoms with Crippen LogP contribution in [0.25, 0.3) is 0 Å². The molecule has 2 atom stereocenters. The van der Waals surface area contributed by atoms with Crippen molar-refractivity contribution in [2.75, 3.05) is 32.5 Å². The van der Waals surface area contributed by atoms with E-state index in [4.69, 9.17) is 4.74 Å². The number of thioether (sulfide) groups is 1. The highest BCUT2D eigenvalue weighted by molar-refractivity contribution is 14.0. The van der Waals surface area contributed by atoms with Crippen molar-refractivity contribution in [2.45, 2.75) is 37.5 Å². The lowest BCUT2D eigenvalue weighted by atomic mass is 10.1. The van der Waals surface area contributed by atoms with E-state index in [1.165, 1.54) is 24.2 Å². The Balaban J connectivity index is 0.00000288. The quantitative estimate of drug-likeness (QED) is 0.266. The molecule has 1 aliphatic heterocycles. The Bertz CT molecular complexity index is 467. The molecule has 2 N–H and O–H groups in total. The largest absolute Gasteiger partial charge is 0.374 e. The molecule has 1 fully saturated rings. The Kier molecular flexibility index (Phi) is 11.5. The van der Waals surface area contributed by atoms with Gasteiger partial charge in [-0.3, -0.25) is 4.99 Å². The molecule has 1 aliphatic rings. The number of guanidine groups is 1. The maximum atomic E-state index is 5.88. The number of hydrogen-bond donors (Lipinski definition) is 2. The molecular weight excluding hydrogens is 433 g/mol. The number of nitrogens with one attached hydrogen (secondary N) is 2. The Morgan fingerprint density at radius 1 is 1.33 bits per heavy atom. The fourth-order valence-electron chi connectivity index (χ4n) is 2.60. The fraction of sp³-hybridized carbons (Fsp3) is 0.611. The molecule has 2 unspecified atom stereocenters. The molecule has 6 heteroatoms. The molecule has 0 amide bonds. The first-order valence-electron chi connectivity index (χ1n) is 8.52. The summed E-state index contributed by atoms with van der Waals surface area (Å²) in [6, 6.07) is 10.3. The lowest BCUT2D eigenvalue weighted by molar-refractivity contribution is 0.0646. The van der Waals surface area contributed by atoms with Crippen LogP contribution in [-0.2, 0) is 4.74 Å². The summed E-state index contributed by atoms with van der Waals surface area (Å²) < 4.78 is 5.88. The van der Waals surface area contributed by atoms with Crippen LogP contribution in [0.2, 0.25) is 0 Å². The summed E-state index contributed by atoms with van der Waals surface area (Å²) in [4.78, 5) is 4.27. The Morgan fingerprint density at radius 3 is 2.79 bits per heavy atom. The third-order valence-corrected chi connectivity index (χ3v) is 5.39. The molecule has 2 rings (SSSR count). The minimum absolute atomic E-state index is 0. The van der Waals surface area contributed by atoms with E-state index in [1.54, 1.807) is 0 Å². The predicted molar refractivity (Wildman–Crippen MR) is 116 cm³/mol. The monoisotopic (exact) mass is 463 g/mol. The lowest BCUT2D eigenvalue weighted by Crippen LogP contribution is -2.40. The summed E-state index contributed by atoms with van der Waals surface area (Å²) in [7, 11) is 1.82. The number of halogens is 1. The molecule has 4 nitrogen and oxygen atoms in total. The summed E-state index contributed by atoms with van der Waals surface area (Å²) >= 11 is 2.06. The van der Waals surface area contributed by atoms with Gasteiger partial charge in [0.2, 0.25) is 0 Å². The van der Waals surface area contributed by atoms with Crippen molar-refractivity contribution in [1.82, 2.24) is 10.6 Å². The summed E-state index contributed by atoms with van der Waals surface area (Å²) in [5.41, 5.74) is 1.23. The van der Waals surface area contributed by atoms with Crippen LogP contribution in [0.15, 0.2) is 35.3 Å². The zero-order chi connectivity index (χ0) is 16.3. The van der Waals surface area contributed by atoms with Gasteiger partial charge in [0.1, 0.15) is 0 Å². The molecule has 1 aromatic rings. The second-order valence-corrected chi connectivity index (χ2v) is 7.20. The third kappa shape index (κ3) is 8.07. The van der Waals surface area contributed by atoms with Crippen LogP contribution >= 0.6 is 35.7 Å². The average Bonchev–Trinajstić information content (AvgIpc) is 3.11. The van der Waals surface area contributed by atoms with E-state index < -0.39 is 0 Å². The zero-order valence-corrected chi connectivity index (χ0v) is 17.8. The zero-order valence-electron chi connectivity index (χ0n) is 14.7. The van der Waals surface area contributed by atoms with Crippen molar-refractivity contribution in [3.05, 3.63) is 35.9 Å². The molecular formula is C18H30IN3OS. The third-order valence-electron chi connectivity index (χ3n) is 4.00. The number of aliphatic imine (C=N–C) groups is 1. The Labute approximate surface area is 167 Å². The van der Waals surface area contributed by atoms with Crippen molar-refractivity contribution in [1.29, 1.82) is 0 Å². The maximum Gasteiger partial charge on any atom is 0.191 e. The summed E-state index contributed by atoms with van der Waals surface area (Å²) in [5.74, 6) is 2.20. The molecule has 0 saturated carbocycles. The first-order chi connectivity index (χ1) is 11.3. The molecule has 0 spiro atoms. The van der Waals surface area contributed by atoms with Crippen LogP contribution in [-0.4, -0.2) is 43.7 Å². The van der Waals surface area contributed by atoms with Gasteiger partial charge in [0, 0.05) is 32.0 Å². The normalized spacial score (nSPS) is 18.8. The second-order valence-electron chi connectivity index (χ2n) is 5.79. The average molecular weight is 463 g/mol. The molecule has 0 aliphatic carbocycles. The molecule has 24 heavy (non-hydrogen) atoms. The van der Waals surface area contributed by atoms with Crippen molar-refractivity contribution in [3.8, 4) is 0 Å². The summed E-state index contributed by atoms with van der Waals surface area (Å²) in [6.07, 6.45) is 3.78. The number of benzene rings is 1. The van der Waals surface area contributed by atoms with Gasteiger partial charge in [-0.25, -0.2) is 0 Å². The van der Waals surface area contributed by atoms with Crippen LogP contribution in [0.3, 0.4) is 0 Å². The van der Waals surface area contributed by atoms with Crippen LogP contribution < -0.4 is 10.6 Å². The van der Waals surface area contributed by atoms with E-state index in [9.17, 15) is 0 Å². The van der Waals surface area contributed by atoms with Crippen LogP contribution in [0.1, 0.15) is 37.9 Å². The smallest absolute Gasteiger partial charge is 0.191 e. The predicted octanol–water partition coefficient (Wildman–Crippen LogP) is 3.83. The van der Waals surface area contributed by atoms with E-state index >= 15 is 0 Å². The standard InChI is InChI=1S/C18H29N3OS.HI/c1-15(16-8-4-3-5-9-16)22-12-7-11-20-18(19-2)21-14-17-10-6-13-23-17;/h3-5,8-9,15,17H,6-7,10-14H2,1-2H3,(H2,19,20,21);1H. The number of rotatable bonds is 8. The van der Waals surface area contributed by atoms with Gasteiger partial charge in [0.05, 0.1) is 6.10 Å². The summed E-state index contributed by atoms with van der Waals surface area (Å²) in [5, 5.41) is 7.51. The number of ether oxygens (including phenoxy) is 1. The van der Waals surface area contributed by atoms with Gasteiger partial charge >= 0.3 is 0 Å². The van der Waals surface area contributed by atoms with Gasteiger partial charge in [-0.05, 0) is 37.5 Å². The minimum atomic E-state index is 0. The lowest BCUT2D eigenvalue weighted by Gasteiger charge is -2.16. The molecule has 0 bridgehead atoms. The van der Waals surface area contributed by atoms with Crippen LogP contribution in [0.5, 0.6) is 0 Å². The van der Waals surface area contributed by atoms with Gasteiger partial charge in [0.25, 0.3) is 0 Å². The van der Waals surface area contributed by atoms with E-state index in [0.29, 0.717) is 0 Å². The number of nitrogens with zero attached hydrogens (tertiary/aromatic N) is 1. The Morgan fingerprint density at radius 2 is 2.12 bits per heavy atom. The van der Waals surface area contributed by atoms with Gasteiger partial charge in [-0.15, -0.1) is 24.0 Å². The van der Waals surface area contributed by atoms with Gasteiger partial charge < -0.3 is 15.4 Å². The summed E-state index contributed by atoms with van der Waals surface area (Å²) in [6.45, 7) is 4.73. The van der Waals surface area contributed by atoms with Crippen molar-refractivity contribution >= 4 is 41.7 Å². The Hall–Kier alpha value is -0.470. The van der Waals surface area contributed by atoms with Gasteiger partial charge in [-0.2, -0.15) is 11.8 Å². The van der Waals surface area contributed by atoms with Crippen LogP contribution in [0.4, 0.5) is 0 Å². The second kappa shape index (κ2) is 12.8. The van der Waals surface area contributed by atoms with E-state index in [-0.39, 0.29) is 30.1 Å². The fourth-order valence-corrected chi connectivity index (χ4v) is 3.80. The van der Waals surface area contributed by atoms with E-state index in [2.05, 4.69) is 58.6 Å². The van der Waals surface area contributed by atoms with Gasteiger partial charge in [0.15, 0.2) is 5.96 Å². The van der Waals surface area contributed by atoms with Gasteiger partial charge in [-0.1, -0.05) is 30.3 Å². The maximum absolute atomic E-state index is 5.88. The highest BCUT2D eigenvalue weighted by atomic mass is 127. The molecule has 0 aromatic heterocycles. The highest BCUT2D eigenvalue weighted by Gasteiger charge is 2.15. The SMILES string of the molecule is CN=C(NCCCOC(C)c1ccccc1)NCC1CCCS1.I.